The number of aliphatic hydroxyl groups is 2. The van der Waals surface area contributed by atoms with Crippen LogP contribution in [-0.4, -0.2) is 30.5 Å². The summed E-state index contributed by atoms with van der Waals surface area (Å²) in [4.78, 5) is 0. The van der Waals surface area contributed by atoms with Gasteiger partial charge in [0.15, 0.2) is 0 Å². The van der Waals surface area contributed by atoms with Crippen molar-refractivity contribution in [2.75, 3.05) is 0 Å². The lowest BCUT2D eigenvalue weighted by Gasteiger charge is -2.20. The van der Waals surface area contributed by atoms with Crippen LogP contribution in [0.25, 0.3) is 0 Å². The summed E-state index contributed by atoms with van der Waals surface area (Å²) >= 11 is 0. The molecule has 2 N–H and O–H groups in total. The molecule has 0 aliphatic rings. The first-order valence-corrected chi connectivity index (χ1v) is 9.66. The van der Waals surface area contributed by atoms with Crippen LogP contribution in [0, 0.1) is 17.4 Å². The van der Waals surface area contributed by atoms with Gasteiger partial charge in [0.1, 0.15) is 14.2 Å². The normalized spacial score (nSPS) is 17.2. The second kappa shape index (κ2) is 7.11. The molecular formula is C13H26O2Si. The van der Waals surface area contributed by atoms with Crippen molar-refractivity contribution in [2.24, 2.45) is 5.92 Å². The van der Waals surface area contributed by atoms with Gasteiger partial charge in [-0.15, -0.1) is 5.54 Å². The van der Waals surface area contributed by atoms with Crippen molar-refractivity contribution in [1.29, 1.82) is 0 Å². The van der Waals surface area contributed by atoms with Crippen LogP contribution in [0.3, 0.4) is 0 Å². The van der Waals surface area contributed by atoms with Gasteiger partial charge in [0.05, 0.1) is 6.10 Å². The molecule has 2 nitrogen and oxygen atoms in total. The third kappa shape index (κ3) is 7.05. The Labute approximate surface area is 101 Å². The summed E-state index contributed by atoms with van der Waals surface area (Å²) in [6.07, 6.45) is 1.69. The number of unbranched alkanes of at least 4 members (excludes halogenated alkanes) is 1. The summed E-state index contributed by atoms with van der Waals surface area (Å²) in [5.41, 5.74) is 3.14. The van der Waals surface area contributed by atoms with Crippen LogP contribution in [0.5, 0.6) is 0 Å². The van der Waals surface area contributed by atoms with E-state index in [0.29, 0.717) is 0 Å². The molecule has 0 unspecified atom stereocenters. The third-order valence-corrected chi connectivity index (χ3v) is 3.45. The van der Waals surface area contributed by atoms with Gasteiger partial charge in [-0.1, -0.05) is 52.3 Å². The molecule has 16 heavy (non-hydrogen) atoms. The highest BCUT2D eigenvalue weighted by molar-refractivity contribution is 6.83. The van der Waals surface area contributed by atoms with E-state index >= 15 is 0 Å². The van der Waals surface area contributed by atoms with Gasteiger partial charge in [0.25, 0.3) is 0 Å². The Balaban J connectivity index is 4.25. The van der Waals surface area contributed by atoms with Crippen LogP contribution in [-0.2, 0) is 0 Å². The highest BCUT2D eigenvalue weighted by atomic mass is 28.3. The summed E-state index contributed by atoms with van der Waals surface area (Å²) in [5, 5.41) is 19.7. The summed E-state index contributed by atoms with van der Waals surface area (Å²) < 4.78 is 0. The Kier molecular flexibility index (Phi) is 6.97. The second-order valence-corrected chi connectivity index (χ2v) is 10.3. The third-order valence-electron chi connectivity index (χ3n) is 2.55. The standard InChI is InChI=1S/C13H26O2Si/c1-6-7-8-12(14)11(2)13(15)9-10-16(3,4)5/h11-15H,6-8H2,1-5H3/t11-,12+,13+/m1/s1. The number of aliphatic hydroxyl groups excluding tert-OH is 2. The van der Waals surface area contributed by atoms with Crippen LogP contribution in [0.1, 0.15) is 33.1 Å². The highest BCUT2D eigenvalue weighted by Crippen LogP contribution is 2.14. The fraction of sp³-hybridized carbons (Fsp3) is 0.846. The van der Waals surface area contributed by atoms with E-state index in [-0.39, 0.29) is 5.92 Å². The molecular weight excluding hydrogens is 216 g/mol. The molecule has 0 heterocycles. The maximum Gasteiger partial charge on any atom is 0.129 e. The minimum Gasteiger partial charge on any atom is -0.393 e. The van der Waals surface area contributed by atoms with E-state index < -0.39 is 20.3 Å². The van der Waals surface area contributed by atoms with Gasteiger partial charge in [-0.25, -0.2) is 0 Å². The molecule has 3 atom stereocenters. The predicted molar refractivity (Wildman–Crippen MR) is 71.8 cm³/mol. The molecule has 0 aromatic carbocycles. The summed E-state index contributed by atoms with van der Waals surface area (Å²) in [7, 11) is -1.43. The summed E-state index contributed by atoms with van der Waals surface area (Å²) in [6.45, 7) is 10.4. The molecule has 0 spiro atoms. The van der Waals surface area contributed by atoms with Crippen molar-refractivity contribution >= 4 is 8.07 Å². The molecule has 0 radical (unpaired) electrons. The second-order valence-electron chi connectivity index (χ2n) is 5.53. The van der Waals surface area contributed by atoms with E-state index in [1.807, 2.05) is 6.92 Å². The lowest BCUT2D eigenvalue weighted by atomic mass is 9.95. The Hall–Kier alpha value is -0.303. The Bertz CT molecular complexity index is 247. The molecule has 0 rings (SSSR count). The molecule has 0 bridgehead atoms. The molecule has 0 amide bonds. The molecule has 0 aliphatic heterocycles. The van der Waals surface area contributed by atoms with Gasteiger partial charge in [-0.3, -0.25) is 0 Å². The summed E-state index contributed by atoms with van der Waals surface area (Å²) in [5.74, 6) is 2.73. The SMILES string of the molecule is CCCC[C@H](O)[C@@H](C)[C@@H](O)C#C[Si](C)(C)C. The molecule has 94 valence electrons. The maximum atomic E-state index is 9.84. The van der Waals surface area contributed by atoms with Gasteiger partial charge in [0, 0.05) is 5.92 Å². The minimum atomic E-state index is -1.43. The Morgan fingerprint density at radius 2 is 1.75 bits per heavy atom. The fourth-order valence-corrected chi connectivity index (χ4v) is 1.89. The molecule has 0 aromatic rings. The van der Waals surface area contributed by atoms with Gasteiger partial charge in [-0.05, 0) is 6.42 Å². The lowest BCUT2D eigenvalue weighted by molar-refractivity contribution is 0.0427. The molecule has 0 saturated carbocycles. The van der Waals surface area contributed by atoms with Crippen molar-refractivity contribution in [3.05, 3.63) is 0 Å². The highest BCUT2D eigenvalue weighted by Gasteiger charge is 2.20. The minimum absolute atomic E-state index is 0.157. The Morgan fingerprint density at radius 3 is 2.19 bits per heavy atom. The molecule has 3 heteroatoms. The first kappa shape index (κ1) is 15.7. The first-order chi connectivity index (χ1) is 7.28. The van der Waals surface area contributed by atoms with Crippen molar-refractivity contribution in [3.8, 4) is 11.5 Å². The van der Waals surface area contributed by atoms with E-state index in [0.717, 1.165) is 19.3 Å². The monoisotopic (exact) mass is 242 g/mol. The van der Waals surface area contributed by atoms with E-state index in [2.05, 4.69) is 38.0 Å². The molecule has 0 aromatic heterocycles. The van der Waals surface area contributed by atoms with Crippen molar-refractivity contribution in [1.82, 2.24) is 0 Å². The van der Waals surface area contributed by atoms with Crippen molar-refractivity contribution in [3.63, 3.8) is 0 Å². The molecule has 0 fully saturated rings. The van der Waals surface area contributed by atoms with Gasteiger partial charge >= 0.3 is 0 Å². The van der Waals surface area contributed by atoms with E-state index in [1.165, 1.54) is 0 Å². The van der Waals surface area contributed by atoms with Crippen molar-refractivity contribution < 1.29 is 10.2 Å². The van der Waals surface area contributed by atoms with Crippen LogP contribution < -0.4 is 0 Å². The average molecular weight is 242 g/mol. The van der Waals surface area contributed by atoms with Crippen molar-refractivity contribution in [2.45, 2.75) is 65.0 Å². The van der Waals surface area contributed by atoms with Gasteiger partial charge < -0.3 is 10.2 Å². The summed E-state index contributed by atoms with van der Waals surface area (Å²) in [6, 6.07) is 0. The first-order valence-electron chi connectivity index (χ1n) is 6.16. The van der Waals surface area contributed by atoms with Crippen LogP contribution in [0.2, 0.25) is 19.6 Å². The van der Waals surface area contributed by atoms with Gasteiger partial charge in [0.2, 0.25) is 0 Å². The quantitative estimate of drug-likeness (QED) is 0.574. The molecule has 0 aliphatic carbocycles. The van der Waals surface area contributed by atoms with E-state index in [9.17, 15) is 10.2 Å². The van der Waals surface area contributed by atoms with E-state index in [1.54, 1.807) is 0 Å². The largest absolute Gasteiger partial charge is 0.393 e. The zero-order valence-corrected chi connectivity index (χ0v) is 12.2. The predicted octanol–water partition coefficient (Wildman–Crippen LogP) is 2.42. The van der Waals surface area contributed by atoms with Crippen LogP contribution >= 0.6 is 0 Å². The van der Waals surface area contributed by atoms with E-state index in [4.69, 9.17) is 0 Å². The average Bonchev–Trinajstić information content (AvgIpc) is 2.20. The van der Waals surface area contributed by atoms with Gasteiger partial charge in [-0.2, -0.15) is 0 Å². The fourth-order valence-electron chi connectivity index (χ4n) is 1.31. The van der Waals surface area contributed by atoms with Crippen LogP contribution in [0.15, 0.2) is 0 Å². The molecule has 0 saturated heterocycles. The number of hydrogen-bond donors (Lipinski definition) is 2. The lowest BCUT2D eigenvalue weighted by Crippen LogP contribution is -2.29. The number of hydrogen-bond acceptors (Lipinski definition) is 2. The zero-order chi connectivity index (χ0) is 12.8. The maximum absolute atomic E-state index is 9.84. The van der Waals surface area contributed by atoms with Crippen LogP contribution in [0.4, 0.5) is 0 Å². The smallest absolute Gasteiger partial charge is 0.129 e. The zero-order valence-electron chi connectivity index (χ0n) is 11.2. The topological polar surface area (TPSA) is 40.5 Å². The Morgan fingerprint density at radius 1 is 1.19 bits per heavy atom. The number of rotatable bonds is 5.